The molecule has 1 aliphatic rings. The van der Waals surface area contributed by atoms with Crippen molar-refractivity contribution in [3.8, 4) is 11.5 Å². The summed E-state index contributed by atoms with van der Waals surface area (Å²) < 4.78 is 10.9. The van der Waals surface area contributed by atoms with Gasteiger partial charge in [-0.3, -0.25) is 19.9 Å². The highest BCUT2D eigenvalue weighted by Crippen LogP contribution is 2.33. The molecule has 4 rings (SSSR count). The topological polar surface area (TPSA) is 144 Å². The number of hydrogen-bond acceptors (Lipinski definition) is 7. The Hall–Kier alpha value is -4.21. The van der Waals surface area contributed by atoms with Crippen LogP contribution in [0.2, 0.25) is 0 Å². The molecule has 10 nitrogen and oxygen atoms in total. The number of aromatic nitrogens is 2. The summed E-state index contributed by atoms with van der Waals surface area (Å²) in [5.41, 5.74) is 2.46. The number of nitrogens with one attached hydrogen (secondary N) is 2. The maximum Gasteiger partial charge on any atom is 0.412 e. The number of nitrogens with zero attached hydrogens (tertiary/aromatic N) is 2. The highest BCUT2D eigenvalue weighted by atomic mass is 16.6. The zero-order chi connectivity index (χ0) is 25.7. The molecule has 36 heavy (non-hydrogen) atoms. The maximum atomic E-state index is 12.7. The van der Waals surface area contributed by atoms with Gasteiger partial charge in [-0.15, -0.1) is 0 Å². The summed E-state index contributed by atoms with van der Waals surface area (Å²) >= 11 is 0. The lowest BCUT2D eigenvalue weighted by atomic mass is 9.78. The zero-order valence-corrected chi connectivity index (χ0v) is 20.1. The number of carboxylic acids is 1. The third-order valence-corrected chi connectivity index (χ3v) is 6.33. The molecule has 2 heterocycles. The Labute approximate surface area is 208 Å². The Morgan fingerprint density at radius 3 is 2.44 bits per heavy atom. The van der Waals surface area contributed by atoms with E-state index < -0.39 is 30.0 Å². The quantitative estimate of drug-likeness (QED) is 0.409. The predicted molar refractivity (Wildman–Crippen MR) is 131 cm³/mol. The van der Waals surface area contributed by atoms with Gasteiger partial charge in [0.1, 0.15) is 23.2 Å². The first-order chi connectivity index (χ1) is 17.3. The summed E-state index contributed by atoms with van der Waals surface area (Å²) in [7, 11) is 0. The molecular weight excluding hydrogens is 464 g/mol. The van der Waals surface area contributed by atoms with Crippen molar-refractivity contribution >= 4 is 29.3 Å². The number of pyridine rings is 1. The number of carbonyl (C=O) groups is 3. The van der Waals surface area contributed by atoms with Gasteiger partial charge in [-0.05, 0) is 44.4 Å². The van der Waals surface area contributed by atoms with E-state index in [9.17, 15) is 19.5 Å². The second-order valence-corrected chi connectivity index (χ2v) is 8.81. The first-order valence-electron chi connectivity index (χ1n) is 11.8. The normalized spacial score (nSPS) is 18.2. The molecular formula is C26H28N4O6. The van der Waals surface area contributed by atoms with Gasteiger partial charge in [0, 0.05) is 0 Å². The monoisotopic (exact) mass is 492 g/mol. The number of benzene rings is 1. The van der Waals surface area contributed by atoms with Crippen molar-refractivity contribution in [1.82, 2.24) is 10.1 Å². The molecule has 1 aromatic carbocycles. The largest absolute Gasteiger partial charge is 0.481 e. The zero-order valence-electron chi connectivity index (χ0n) is 20.1. The first-order valence-corrected chi connectivity index (χ1v) is 11.8. The second kappa shape index (κ2) is 11.0. The molecule has 3 aromatic rings. The maximum absolute atomic E-state index is 12.7. The molecule has 0 aliphatic heterocycles. The van der Waals surface area contributed by atoms with Crippen LogP contribution in [0.3, 0.4) is 0 Å². The lowest BCUT2D eigenvalue weighted by Gasteiger charge is -2.27. The molecule has 3 N–H and O–H groups in total. The summed E-state index contributed by atoms with van der Waals surface area (Å²) in [6, 6.07) is 12.6. The van der Waals surface area contributed by atoms with E-state index in [0.29, 0.717) is 35.6 Å². The number of carboxylic acid groups (broad SMARTS) is 1. The summed E-state index contributed by atoms with van der Waals surface area (Å²) in [6.07, 6.45) is 3.00. The van der Waals surface area contributed by atoms with Crippen LogP contribution in [-0.4, -0.2) is 33.2 Å². The van der Waals surface area contributed by atoms with E-state index in [1.807, 2.05) is 30.3 Å². The average Bonchev–Trinajstić information content (AvgIpc) is 3.24. The molecule has 0 spiro atoms. The number of aliphatic carboxylic acids is 1. The lowest BCUT2D eigenvalue weighted by molar-refractivity contribution is -0.147. The second-order valence-electron chi connectivity index (χ2n) is 8.81. The van der Waals surface area contributed by atoms with Crippen molar-refractivity contribution in [2.24, 2.45) is 11.8 Å². The van der Waals surface area contributed by atoms with Crippen LogP contribution in [0, 0.1) is 18.8 Å². The number of anilines is 2. The fourth-order valence-electron chi connectivity index (χ4n) is 4.35. The van der Waals surface area contributed by atoms with Gasteiger partial charge in [-0.25, -0.2) is 4.79 Å². The molecule has 1 fully saturated rings. The smallest absolute Gasteiger partial charge is 0.412 e. The van der Waals surface area contributed by atoms with Crippen molar-refractivity contribution < 1.29 is 28.8 Å². The number of ether oxygens (including phenoxy) is 1. The molecule has 2 aromatic heterocycles. The Morgan fingerprint density at radius 2 is 1.78 bits per heavy atom. The Bertz CT molecular complexity index is 1220. The van der Waals surface area contributed by atoms with Gasteiger partial charge in [-0.1, -0.05) is 48.3 Å². The summed E-state index contributed by atoms with van der Waals surface area (Å²) in [4.78, 5) is 41.1. The SMILES string of the molecule is Cc1noc(-c2ccc(NC(=O)[C@H]3CCCC[C@H]3C(=O)O)cn2)c1NC(=O)O[C@H](C)c1ccccc1. The predicted octanol–water partition coefficient (Wildman–Crippen LogP) is 5.18. The van der Waals surface area contributed by atoms with Crippen LogP contribution in [-0.2, 0) is 14.3 Å². The molecule has 0 saturated heterocycles. The van der Waals surface area contributed by atoms with Crippen LogP contribution < -0.4 is 10.6 Å². The van der Waals surface area contributed by atoms with Crippen LogP contribution in [0.4, 0.5) is 16.2 Å². The number of amides is 2. The lowest BCUT2D eigenvalue weighted by Crippen LogP contribution is -2.36. The van der Waals surface area contributed by atoms with E-state index in [-0.39, 0.29) is 11.7 Å². The van der Waals surface area contributed by atoms with Crippen molar-refractivity contribution in [3.63, 3.8) is 0 Å². The number of hydrogen-bond donors (Lipinski definition) is 3. The summed E-state index contributed by atoms with van der Waals surface area (Å²) in [5.74, 6) is -2.28. The van der Waals surface area contributed by atoms with Crippen LogP contribution in [0.5, 0.6) is 0 Å². The molecule has 1 saturated carbocycles. The van der Waals surface area contributed by atoms with Crippen molar-refractivity contribution in [2.75, 3.05) is 10.6 Å². The number of rotatable bonds is 7. The molecule has 188 valence electrons. The van der Waals surface area contributed by atoms with Gasteiger partial charge in [0.05, 0.1) is 23.7 Å². The van der Waals surface area contributed by atoms with E-state index in [0.717, 1.165) is 18.4 Å². The summed E-state index contributed by atoms with van der Waals surface area (Å²) in [5, 5.41) is 18.8. The molecule has 2 amide bonds. The van der Waals surface area contributed by atoms with Crippen molar-refractivity contribution in [1.29, 1.82) is 0 Å². The minimum atomic E-state index is -0.944. The Balaban J connectivity index is 1.42. The third-order valence-electron chi connectivity index (χ3n) is 6.33. The Morgan fingerprint density at radius 1 is 1.06 bits per heavy atom. The van der Waals surface area contributed by atoms with Gasteiger partial charge < -0.3 is 19.7 Å². The van der Waals surface area contributed by atoms with E-state index >= 15 is 0 Å². The molecule has 0 radical (unpaired) electrons. The summed E-state index contributed by atoms with van der Waals surface area (Å²) in [6.45, 7) is 3.46. The molecule has 3 atom stereocenters. The third kappa shape index (κ3) is 5.70. The standard InChI is InChI=1S/C26H28N4O6/c1-15-22(29-26(34)35-16(2)17-8-4-3-5-9-17)23(36-30-15)21-13-12-18(14-27-21)28-24(31)19-10-6-7-11-20(19)25(32)33/h3-5,8-9,12-14,16,19-20H,6-7,10-11H2,1-2H3,(H,28,31)(H,29,34)(H,32,33)/t16-,19+,20-/m1/s1. The Kier molecular flexibility index (Phi) is 7.62. The number of carbonyl (C=O) groups excluding carboxylic acids is 2. The molecule has 0 bridgehead atoms. The number of aryl methyl sites for hydroxylation is 1. The van der Waals surface area contributed by atoms with Gasteiger partial charge in [0.25, 0.3) is 0 Å². The highest BCUT2D eigenvalue weighted by molar-refractivity contribution is 5.95. The van der Waals surface area contributed by atoms with Crippen LogP contribution in [0.25, 0.3) is 11.5 Å². The van der Waals surface area contributed by atoms with Crippen LogP contribution >= 0.6 is 0 Å². The highest BCUT2D eigenvalue weighted by Gasteiger charge is 2.35. The van der Waals surface area contributed by atoms with Crippen molar-refractivity contribution in [2.45, 2.75) is 45.6 Å². The van der Waals surface area contributed by atoms with E-state index in [1.165, 1.54) is 6.20 Å². The molecule has 10 heteroatoms. The van der Waals surface area contributed by atoms with Crippen molar-refractivity contribution in [3.05, 3.63) is 59.9 Å². The first kappa shape index (κ1) is 24.9. The molecule has 0 unspecified atom stereocenters. The van der Waals surface area contributed by atoms with E-state index in [4.69, 9.17) is 9.26 Å². The van der Waals surface area contributed by atoms with Gasteiger partial charge in [0.15, 0.2) is 0 Å². The fraction of sp³-hybridized carbons (Fsp3) is 0.346. The van der Waals surface area contributed by atoms with E-state index in [2.05, 4.69) is 20.8 Å². The average molecular weight is 493 g/mol. The van der Waals surface area contributed by atoms with Gasteiger partial charge in [0.2, 0.25) is 11.7 Å². The minimum Gasteiger partial charge on any atom is -0.481 e. The fourth-order valence-corrected chi connectivity index (χ4v) is 4.35. The van der Waals surface area contributed by atoms with Gasteiger partial charge in [-0.2, -0.15) is 0 Å². The molecule has 1 aliphatic carbocycles. The van der Waals surface area contributed by atoms with Crippen LogP contribution in [0.1, 0.15) is 50.0 Å². The van der Waals surface area contributed by atoms with E-state index in [1.54, 1.807) is 26.0 Å². The van der Waals surface area contributed by atoms with Gasteiger partial charge >= 0.3 is 12.1 Å². The minimum absolute atomic E-state index is 0.243. The van der Waals surface area contributed by atoms with Crippen LogP contribution in [0.15, 0.2) is 53.2 Å².